The van der Waals surface area contributed by atoms with Crippen molar-refractivity contribution in [3.05, 3.63) is 42.6 Å². The molecular weight excluding hydrogens is 408 g/mol. The van der Waals surface area contributed by atoms with E-state index < -0.39 is 0 Å². The third kappa shape index (κ3) is 4.59. The number of fused-ring (bicyclic) bond motifs is 1. The number of carbonyl (C=O) groups is 1. The Bertz CT molecular complexity index is 1110. The monoisotopic (exact) mass is 436 g/mol. The summed E-state index contributed by atoms with van der Waals surface area (Å²) in [6, 6.07) is 3.82. The number of pyridine rings is 3. The number of hydrogen-bond acceptors (Lipinski definition) is 7. The normalized spacial score (nSPS) is 14.6. The predicted molar refractivity (Wildman–Crippen MR) is 121 cm³/mol. The Morgan fingerprint density at radius 1 is 1.03 bits per heavy atom. The molecule has 1 amide bonds. The van der Waals surface area contributed by atoms with Crippen LogP contribution in [0.3, 0.4) is 0 Å². The fourth-order valence-corrected chi connectivity index (χ4v) is 3.91. The first-order chi connectivity index (χ1) is 15.5. The standard InChI is InChI=1S/C24H28N4O4/c1-15(2)31-24(29)28-9-7-17(8-10-28)32-22-14-26-12-20-19(11-25-13-21(20)22)18-5-6-23(30-4)27-16(18)3/h5-6,11-15,17H,7-10H2,1-4H3. The summed E-state index contributed by atoms with van der Waals surface area (Å²) >= 11 is 0. The number of carbonyl (C=O) groups excluding carboxylic acids is 1. The molecule has 0 aromatic carbocycles. The van der Waals surface area contributed by atoms with Crippen LogP contribution >= 0.6 is 0 Å². The van der Waals surface area contributed by atoms with E-state index in [-0.39, 0.29) is 18.3 Å². The third-order valence-electron chi connectivity index (χ3n) is 5.54. The molecular formula is C24H28N4O4. The molecule has 32 heavy (non-hydrogen) atoms. The zero-order valence-corrected chi connectivity index (χ0v) is 18.9. The van der Waals surface area contributed by atoms with Crippen LogP contribution in [0.25, 0.3) is 21.9 Å². The lowest BCUT2D eigenvalue weighted by Gasteiger charge is -2.32. The molecule has 1 aliphatic heterocycles. The van der Waals surface area contributed by atoms with Crippen LogP contribution in [0.1, 0.15) is 32.4 Å². The molecule has 0 atom stereocenters. The minimum atomic E-state index is -0.261. The van der Waals surface area contributed by atoms with E-state index in [2.05, 4.69) is 15.0 Å². The van der Waals surface area contributed by atoms with Crippen LogP contribution in [-0.4, -0.2) is 58.4 Å². The topological polar surface area (TPSA) is 86.7 Å². The number of likely N-dealkylation sites (tertiary alicyclic amines) is 1. The first-order valence-corrected chi connectivity index (χ1v) is 10.8. The maximum Gasteiger partial charge on any atom is 0.410 e. The second-order valence-electron chi connectivity index (χ2n) is 8.14. The highest BCUT2D eigenvalue weighted by atomic mass is 16.6. The minimum Gasteiger partial charge on any atom is -0.488 e. The Hall–Kier alpha value is -3.42. The first kappa shape index (κ1) is 21.8. The van der Waals surface area contributed by atoms with Crippen molar-refractivity contribution in [2.45, 2.75) is 45.8 Å². The molecule has 0 aliphatic carbocycles. The van der Waals surface area contributed by atoms with Gasteiger partial charge in [0.25, 0.3) is 0 Å². The summed E-state index contributed by atoms with van der Waals surface area (Å²) in [5, 5.41) is 1.85. The molecule has 3 aromatic heterocycles. The molecule has 1 aliphatic rings. The van der Waals surface area contributed by atoms with E-state index in [1.807, 2.05) is 45.3 Å². The quantitative estimate of drug-likeness (QED) is 0.586. The summed E-state index contributed by atoms with van der Waals surface area (Å²) in [5.74, 6) is 1.27. The van der Waals surface area contributed by atoms with Gasteiger partial charge in [0.15, 0.2) is 0 Å². The Morgan fingerprint density at radius 2 is 1.75 bits per heavy atom. The SMILES string of the molecule is COc1ccc(-c2cncc3c(OC4CCN(C(=O)OC(C)C)CC4)cncc23)c(C)n1. The molecule has 8 heteroatoms. The molecule has 1 fully saturated rings. The van der Waals surface area contributed by atoms with Crippen LogP contribution in [0.15, 0.2) is 36.9 Å². The number of ether oxygens (including phenoxy) is 3. The Morgan fingerprint density at radius 3 is 2.44 bits per heavy atom. The summed E-state index contributed by atoms with van der Waals surface area (Å²) in [4.78, 5) is 27.2. The smallest absolute Gasteiger partial charge is 0.410 e. The summed E-state index contributed by atoms with van der Waals surface area (Å²) in [5.41, 5.74) is 2.77. The number of rotatable bonds is 5. The van der Waals surface area contributed by atoms with Crippen LogP contribution in [0.5, 0.6) is 11.6 Å². The number of hydrogen-bond donors (Lipinski definition) is 0. The third-order valence-corrected chi connectivity index (χ3v) is 5.54. The maximum atomic E-state index is 12.1. The van der Waals surface area contributed by atoms with Gasteiger partial charge in [-0.05, 0) is 26.8 Å². The largest absolute Gasteiger partial charge is 0.488 e. The zero-order valence-electron chi connectivity index (χ0n) is 18.9. The van der Waals surface area contributed by atoms with Crippen LogP contribution in [0.4, 0.5) is 4.79 Å². The first-order valence-electron chi connectivity index (χ1n) is 10.8. The van der Waals surface area contributed by atoms with Gasteiger partial charge in [-0.15, -0.1) is 0 Å². The van der Waals surface area contributed by atoms with Crippen molar-refractivity contribution in [1.29, 1.82) is 0 Å². The second kappa shape index (κ2) is 9.38. The number of aromatic nitrogens is 3. The minimum absolute atomic E-state index is 0.00135. The van der Waals surface area contributed by atoms with Gasteiger partial charge in [0, 0.05) is 78.2 Å². The van der Waals surface area contributed by atoms with E-state index in [0.717, 1.165) is 40.4 Å². The molecule has 0 radical (unpaired) electrons. The van der Waals surface area contributed by atoms with Crippen molar-refractivity contribution in [2.24, 2.45) is 0 Å². The molecule has 0 N–H and O–H groups in total. The summed E-state index contributed by atoms with van der Waals surface area (Å²) < 4.78 is 16.8. The van der Waals surface area contributed by atoms with E-state index in [1.165, 1.54) is 0 Å². The van der Waals surface area contributed by atoms with Crippen molar-refractivity contribution >= 4 is 16.9 Å². The highest BCUT2D eigenvalue weighted by molar-refractivity contribution is 5.98. The summed E-state index contributed by atoms with van der Waals surface area (Å²) in [6.07, 6.45) is 8.27. The molecule has 8 nitrogen and oxygen atoms in total. The second-order valence-corrected chi connectivity index (χ2v) is 8.14. The van der Waals surface area contributed by atoms with Gasteiger partial charge < -0.3 is 19.1 Å². The highest BCUT2D eigenvalue weighted by Gasteiger charge is 2.26. The summed E-state index contributed by atoms with van der Waals surface area (Å²) in [7, 11) is 1.60. The molecule has 4 heterocycles. The van der Waals surface area contributed by atoms with Crippen LogP contribution in [-0.2, 0) is 4.74 Å². The van der Waals surface area contributed by atoms with E-state index >= 15 is 0 Å². The number of nitrogens with zero attached hydrogens (tertiary/aromatic N) is 4. The molecule has 0 unspecified atom stereocenters. The van der Waals surface area contributed by atoms with Gasteiger partial charge in [0.2, 0.25) is 5.88 Å². The average Bonchev–Trinajstić information content (AvgIpc) is 2.79. The number of aryl methyl sites for hydroxylation is 1. The average molecular weight is 437 g/mol. The zero-order chi connectivity index (χ0) is 22.7. The maximum absolute atomic E-state index is 12.1. The fourth-order valence-electron chi connectivity index (χ4n) is 3.91. The molecule has 0 bridgehead atoms. The summed E-state index contributed by atoms with van der Waals surface area (Å²) in [6.45, 7) is 6.87. The van der Waals surface area contributed by atoms with Gasteiger partial charge in [-0.1, -0.05) is 0 Å². The van der Waals surface area contributed by atoms with E-state index in [9.17, 15) is 4.79 Å². The lowest BCUT2D eigenvalue weighted by Crippen LogP contribution is -2.42. The fraction of sp³-hybridized carbons (Fsp3) is 0.417. The van der Waals surface area contributed by atoms with Crippen molar-refractivity contribution in [3.8, 4) is 22.8 Å². The number of amides is 1. The van der Waals surface area contributed by atoms with Gasteiger partial charge in [0.05, 0.1) is 19.4 Å². The van der Waals surface area contributed by atoms with Crippen molar-refractivity contribution in [1.82, 2.24) is 19.9 Å². The number of methoxy groups -OCH3 is 1. The van der Waals surface area contributed by atoms with Crippen LogP contribution < -0.4 is 9.47 Å². The number of piperidine rings is 1. The van der Waals surface area contributed by atoms with Crippen LogP contribution in [0, 0.1) is 6.92 Å². The van der Waals surface area contributed by atoms with Gasteiger partial charge in [-0.25, -0.2) is 9.78 Å². The van der Waals surface area contributed by atoms with Gasteiger partial charge in [-0.3, -0.25) is 9.97 Å². The molecule has 3 aromatic rings. The molecule has 0 saturated carbocycles. The van der Waals surface area contributed by atoms with Gasteiger partial charge in [0.1, 0.15) is 11.9 Å². The lowest BCUT2D eigenvalue weighted by atomic mass is 10.0. The Balaban J connectivity index is 1.54. The Labute approximate surface area is 187 Å². The molecule has 1 saturated heterocycles. The van der Waals surface area contributed by atoms with Crippen molar-refractivity contribution < 1.29 is 19.0 Å². The van der Waals surface area contributed by atoms with E-state index in [1.54, 1.807) is 24.4 Å². The highest BCUT2D eigenvalue weighted by Crippen LogP contribution is 2.34. The van der Waals surface area contributed by atoms with E-state index in [0.29, 0.717) is 24.7 Å². The van der Waals surface area contributed by atoms with Crippen molar-refractivity contribution in [3.63, 3.8) is 0 Å². The predicted octanol–water partition coefficient (Wildman–Crippen LogP) is 4.40. The van der Waals surface area contributed by atoms with Gasteiger partial charge in [-0.2, -0.15) is 0 Å². The Kier molecular flexibility index (Phi) is 6.39. The van der Waals surface area contributed by atoms with E-state index in [4.69, 9.17) is 14.2 Å². The van der Waals surface area contributed by atoms with Crippen molar-refractivity contribution in [2.75, 3.05) is 20.2 Å². The van der Waals surface area contributed by atoms with Gasteiger partial charge >= 0.3 is 6.09 Å². The molecule has 0 spiro atoms. The lowest BCUT2D eigenvalue weighted by molar-refractivity contribution is 0.0519. The molecule has 4 rings (SSSR count). The molecule has 168 valence electrons. The van der Waals surface area contributed by atoms with Crippen LogP contribution in [0.2, 0.25) is 0 Å².